The quantitative estimate of drug-likeness (QED) is 0.0262. The van der Waals surface area contributed by atoms with Crippen LogP contribution in [0.15, 0.2) is 36.5 Å². The molecule has 0 aliphatic carbocycles. The largest absolute Gasteiger partial charge is 0.462 e. The van der Waals surface area contributed by atoms with Gasteiger partial charge in [0.15, 0.2) is 6.10 Å². The fourth-order valence-corrected chi connectivity index (χ4v) is 8.46. The fraction of sp³-hybridized carbons (Fsp3) is 0.850. The first-order valence-corrected chi connectivity index (χ1v) is 29.0. The fourth-order valence-electron chi connectivity index (χ4n) is 8.46. The van der Waals surface area contributed by atoms with Crippen molar-refractivity contribution in [2.45, 2.75) is 316 Å². The smallest absolute Gasteiger partial charge is 0.306 e. The number of esters is 3. The predicted molar refractivity (Wildman–Crippen MR) is 284 cm³/mol. The summed E-state index contributed by atoms with van der Waals surface area (Å²) in [5.74, 6) is -0.871. The average Bonchev–Trinajstić information content (AvgIpc) is 3.31. The molecule has 0 spiro atoms. The maximum atomic E-state index is 12.8. The zero-order valence-electron chi connectivity index (χ0n) is 44.2. The number of ether oxygens (including phenoxy) is 3. The van der Waals surface area contributed by atoms with Crippen LogP contribution in [-0.4, -0.2) is 37.2 Å². The molecule has 0 aromatic rings. The molecule has 0 aliphatic rings. The molecular weight excluding hydrogens is 817 g/mol. The minimum atomic E-state index is -0.773. The van der Waals surface area contributed by atoms with Gasteiger partial charge in [-0.1, -0.05) is 256 Å². The van der Waals surface area contributed by atoms with Crippen molar-refractivity contribution in [3.8, 4) is 0 Å². The van der Waals surface area contributed by atoms with Crippen LogP contribution in [0.25, 0.3) is 0 Å². The number of carbonyl (C=O) groups excluding carboxylic acids is 3. The molecule has 0 rings (SSSR count). The van der Waals surface area contributed by atoms with Gasteiger partial charge >= 0.3 is 17.9 Å². The molecule has 386 valence electrons. The molecule has 0 radical (unpaired) electrons. The molecule has 0 saturated heterocycles. The number of unbranched alkanes of at least 4 members (excludes halogenated alkanes) is 36. The Bertz CT molecular complexity index is 1110. The van der Waals surface area contributed by atoms with E-state index in [4.69, 9.17) is 14.2 Å². The summed E-state index contributed by atoms with van der Waals surface area (Å²) in [6.07, 6.45) is 65.6. The highest BCUT2D eigenvalue weighted by Gasteiger charge is 2.19. The van der Waals surface area contributed by atoms with Crippen LogP contribution in [0.1, 0.15) is 310 Å². The van der Waals surface area contributed by atoms with Gasteiger partial charge in [-0.2, -0.15) is 0 Å². The summed E-state index contributed by atoms with van der Waals surface area (Å²) < 4.78 is 16.9. The lowest BCUT2D eigenvalue weighted by molar-refractivity contribution is -0.167. The Hall–Kier alpha value is -2.37. The zero-order valence-corrected chi connectivity index (χ0v) is 44.2. The lowest BCUT2D eigenvalue weighted by atomic mass is 10.0. The molecule has 0 aromatic heterocycles. The minimum Gasteiger partial charge on any atom is -0.462 e. The van der Waals surface area contributed by atoms with Crippen molar-refractivity contribution in [2.75, 3.05) is 13.2 Å². The van der Waals surface area contributed by atoms with Gasteiger partial charge in [-0.25, -0.2) is 0 Å². The first kappa shape index (κ1) is 63.6. The van der Waals surface area contributed by atoms with E-state index in [0.717, 1.165) is 70.6 Å². The van der Waals surface area contributed by atoms with Crippen LogP contribution in [0.5, 0.6) is 0 Å². The summed E-state index contributed by atoms with van der Waals surface area (Å²) in [5, 5.41) is 0. The molecule has 1 unspecified atom stereocenters. The van der Waals surface area contributed by atoms with Gasteiger partial charge in [-0.3, -0.25) is 14.4 Å². The van der Waals surface area contributed by atoms with E-state index in [1.54, 1.807) is 0 Å². The van der Waals surface area contributed by atoms with E-state index in [-0.39, 0.29) is 31.1 Å². The first-order chi connectivity index (χ1) is 32.5. The van der Waals surface area contributed by atoms with Crippen molar-refractivity contribution in [3.63, 3.8) is 0 Å². The Balaban J connectivity index is 4.28. The maximum Gasteiger partial charge on any atom is 0.306 e. The van der Waals surface area contributed by atoms with E-state index >= 15 is 0 Å². The van der Waals surface area contributed by atoms with Crippen molar-refractivity contribution in [2.24, 2.45) is 0 Å². The molecule has 1 atom stereocenters. The minimum absolute atomic E-state index is 0.0736. The van der Waals surface area contributed by atoms with Crippen LogP contribution in [-0.2, 0) is 28.6 Å². The Morgan fingerprint density at radius 1 is 0.303 bits per heavy atom. The summed E-state index contributed by atoms with van der Waals surface area (Å²) in [6, 6.07) is 0. The van der Waals surface area contributed by atoms with Gasteiger partial charge in [0.1, 0.15) is 13.2 Å². The van der Waals surface area contributed by atoms with Gasteiger partial charge in [0.25, 0.3) is 0 Å². The highest BCUT2D eigenvalue weighted by Crippen LogP contribution is 2.16. The lowest BCUT2D eigenvalue weighted by Gasteiger charge is -2.18. The Labute approximate surface area is 410 Å². The highest BCUT2D eigenvalue weighted by atomic mass is 16.6. The third-order valence-corrected chi connectivity index (χ3v) is 12.9. The third-order valence-electron chi connectivity index (χ3n) is 12.9. The number of carbonyl (C=O) groups is 3. The number of hydrogen-bond acceptors (Lipinski definition) is 6. The van der Waals surface area contributed by atoms with E-state index < -0.39 is 6.10 Å². The molecule has 0 amide bonds. The Morgan fingerprint density at radius 2 is 0.561 bits per heavy atom. The summed E-state index contributed by atoms with van der Waals surface area (Å²) in [4.78, 5) is 38.1. The van der Waals surface area contributed by atoms with Gasteiger partial charge in [0, 0.05) is 19.3 Å². The lowest BCUT2D eigenvalue weighted by Crippen LogP contribution is -2.30. The zero-order chi connectivity index (χ0) is 47.9. The van der Waals surface area contributed by atoms with Crippen LogP contribution in [0.2, 0.25) is 0 Å². The molecule has 66 heavy (non-hydrogen) atoms. The van der Waals surface area contributed by atoms with E-state index in [2.05, 4.69) is 57.2 Å². The van der Waals surface area contributed by atoms with Gasteiger partial charge in [0.05, 0.1) is 0 Å². The molecule has 0 N–H and O–H groups in total. The van der Waals surface area contributed by atoms with Crippen LogP contribution in [0.3, 0.4) is 0 Å². The van der Waals surface area contributed by atoms with Crippen LogP contribution in [0.4, 0.5) is 0 Å². The second-order valence-corrected chi connectivity index (χ2v) is 19.6. The highest BCUT2D eigenvalue weighted by molar-refractivity contribution is 5.71. The summed E-state index contributed by atoms with van der Waals surface area (Å²) >= 11 is 0. The Morgan fingerprint density at radius 3 is 0.894 bits per heavy atom. The van der Waals surface area contributed by atoms with Gasteiger partial charge < -0.3 is 14.2 Å². The van der Waals surface area contributed by atoms with Gasteiger partial charge in [-0.15, -0.1) is 0 Å². The summed E-state index contributed by atoms with van der Waals surface area (Å²) in [5.41, 5.74) is 0. The standard InChI is InChI=1S/C60H110O6/c1-4-7-10-13-16-19-22-24-26-28-29-30-31-32-34-35-38-41-44-47-50-53-59(62)65-56-57(55-64-58(61)52-49-46-43-40-37-21-18-15-12-9-6-3)66-60(63)54-51-48-45-42-39-36-33-27-25-23-20-17-14-11-8-5-2/h15,18,22,24,28-29,57H,4-14,16-17,19-21,23,25-27,30-56H2,1-3H3/b18-15-,24-22-,29-28-. The van der Waals surface area contributed by atoms with Crippen molar-refractivity contribution >= 4 is 17.9 Å². The molecule has 0 fully saturated rings. The number of allylic oxidation sites excluding steroid dienone is 6. The van der Waals surface area contributed by atoms with Crippen molar-refractivity contribution in [3.05, 3.63) is 36.5 Å². The third kappa shape index (κ3) is 52.6. The molecule has 0 aromatic carbocycles. The molecule has 6 nitrogen and oxygen atoms in total. The summed E-state index contributed by atoms with van der Waals surface area (Å²) in [7, 11) is 0. The Kier molecular flexibility index (Phi) is 53.2. The van der Waals surface area contributed by atoms with Crippen LogP contribution < -0.4 is 0 Å². The molecule has 6 heteroatoms. The molecule has 0 aliphatic heterocycles. The van der Waals surface area contributed by atoms with Gasteiger partial charge in [-0.05, 0) is 70.6 Å². The second kappa shape index (κ2) is 55.2. The summed E-state index contributed by atoms with van der Waals surface area (Å²) in [6.45, 7) is 6.62. The van der Waals surface area contributed by atoms with E-state index in [9.17, 15) is 14.4 Å². The van der Waals surface area contributed by atoms with Crippen LogP contribution in [0, 0.1) is 0 Å². The molecule has 0 heterocycles. The van der Waals surface area contributed by atoms with Crippen molar-refractivity contribution in [1.29, 1.82) is 0 Å². The maximum absolute atomic E-state index is 12.8. The van der Waals surface area contributed by atoms with Crippen molar-refractivity contribution < 1.29 is 28.6 Å². The molecular formula is C60H110O6. The second-order valence-electron chi connectivity index (χ2n) is 19.6. The number of hydrogen-bond donors (Lipinski definition) is 0. The topological polar surface area (TPSA) is 78.9 Å². The normalized spacial score (nSPS) is 12.2. The van der Waals surface area contributed by atoms with Gasteiger partial charge in [0.2, 0.25) is 0 Å². The molecule has 0 saturated carbocycles. The van der Waals surface area contributed by atoms with Crippen LogP contribution >= 0.6 is 0 Å². The first-order valence-electron chi connectivity index (χ1n) is 29.0. The van der Waals surface area contributed by atoms with E-state index in [1.165, 1.54) is 199 Å². The van der Waals surface area contributed by atoms with Crippen molar-refractivity contribution in [1.82, 2.24) is 0 Å². The average molecular weight is 928 g/mol. The number of rotatable bonds is 53. The SMILES string of the molecule is CCCC/C=C\CCCCCCCC(=O)OCC(COC(=O)CCCCCCCCCCC/C=C\C/C=C\CCCCCCC)OC(=O)CCCCCCCCCCCCCCCCCC. The van der Waals surface area contributed by atoms with E-state index in [1.807, 2.05) is 0 Å². The van der Waals surface area contributed by atoms with E-state index in [0.29, 0.717) is 19.3 Å². The molecule has 0 bridgehead atoms. The predicted octanol–water partition coefficient (Wildman–Crippen LogP) is 19.3. The monoisotopic (exact) mass is 927 g/mol.